The molecule has 0 rings (SSSR count). The first-order valence-electron chi connectivity index (χ1n) is 4.16. The van der Waals surface area contributed by atoms with Crippen molar-refractivity contribution in [3.8, 4) is 0 Å². The van der Waals surface area contributed by atoms with Gasteiger partial charge in [0.2, 0.25) is 0 Å². The number of carbonyl (C=O) groups excluding carboxylic acids is 1. The molecule has 0 amide bonds. The molecule has 60 valence electrons. The predicted molar refractivity (Wildman–Crippen MR) is 43.9 cm³/mol. The second kappa shape index (κ2) is 4.48. The second-order valence-corrected chi connectivity index (χ2v) is 2.99. The maximum atomic E-state index is 11.1. The largest absolute Gasteiger partial charge is 0.299 e. The predicted octanol–water partition coefficient (Wildman–Crippen LogP) is 2.65. The van der Waals surface area contributed by atoms with E-state index in [-0.39, 0.29) is 5.92 Å². The monoisotopic (exact) mass is 142 g/mol. The van der Waals surface area contributed by atoms with E-state index in [1.807, 2.05) is 13.8 Å². The fourth-order valence-corrected chi connectivity index (χ4v) is 0.993. The molecule has 0 bridgehead atoms. The molecule has 0 unspecified atom stereocenters. The van der Waals surface area contributed by atoms with Crippen LogP contribution in [0.2, 0.25) is 0 Å². The first-order chi connectivity index (χ1) is 4.63. The zero-order chi connectivity index (χ0) is 8.15. The molecule has 1 heteroatoms. The highest BCUT2D eigenvalue weighted by molar-refractivity contribution is 5.80. The van der Waals surface area contributed by atoms with Crippen molar-refractivity contribution in [3.63, 3.8) is 0 Å². The van der Waals surface area contributed by atoms with Gasteiger partial charge in [0, 0.05) is 12.3 Å². The average Bonchev–Trinajstić information content (AvgIpc) is 2.00. The van der Waals surface area contributed by atoms with Crippen molar-refractivity contribution in [1.82, 2.24) is 0 Å². The van der Waals surface area contributed by atoms with Crippen molar-refractivity contribution < 1.29 is 4.79 Å². The first kappa shape index (κ1) is 9.67. The zero-order valence-corrected chi connectivity index (χ0v) is 7.48. The summed E-state index contributed by atoms with van der Waals surface area (Å²) in [5.74, 6) is 1.21. The van der Waals surface area contributed by atoms with Crippen LogP contribution in [0.5, 0.6) is 0 Å². The summed E-state index contributed by atoms with van der Waals surface area (Å²) in [4.78, 5) is 11.1. The number of Topliss-reactive ketones (excluding diaryl/α,β-unsaturated/α-hetero) is 1. The van der Waals surface area contributed by atoms with Gasteiger partial charge in [0.1, 0.15) is 5.78 Å². The molecule has 0 aromatic heterocycles. The van der Waals surface area contributed by atoms with Gasteiger partial charge in [0.05, 0.1) is 0 Å². The highest BCUT2D eigenvalue weighted by Gasteiger charge is 2.15. The van der Waals surface area contributed by atoms with Crippen molar-refractivity contribution in [2.75, 3.05) is 0 Å². The van der Waals surface area contributed by atoms with Gasteiger partial charge >= 0.3 is 0 Å². The maximum absolute atomic E-state index is 11.1. The quantitative estimate of drug-likeness (QED) is 0.589. The lowest BCUT2D eigenvalue weighted by Crippen LogP contribution is -2.17. The van der Waals surface area contributed by atoms with Crippen molar-refractivity contribution in [3.05, 3.63) is 0 Å². The lowest BCUT2D eigenvalue weighted by molar-refractivity contribution is -0.123. The summed E-state index contributed by atoms with van der Waals surface area (Å²) < 4.78 is 0. The summed E-state index contributed by atoms with van der Waals surface area (Å²) in [5.41, 5.74) is 0. The van der Waals surface area contributed by atoms with E-state index in [4.69, 9.17) is 0 Å². The van der Waals surface area contributed by atoms with E-state index >= 15 is 0 Å². The molecule has 0 aliphatic rings. The molecule has 2 atom stereocenters. The Bertz CT molecular complexity index is 107. The van der Waals surface area contributed by atoms with Crippen molar-refractivity contribution in [2.24, 2.45) is 11.8 Å². The second-order valence-electron chi connectivity index (χ2n) is 2.99. The molecular formula is C9H18O. The minimum Gasteiger partial charge on any atom is -0.299 e. The molecule has 0 N–H and O–H groups in total. The minimum absolute atomic E-state index is 0.259. The molecule has 0 spiro atoms. The van der Waals surface area contributed by atoms with Gasteiger partial charge < -0.3 is 0 Å². The van der Waals surface area contributed by atoms with Gasteiger partial charge in [0.25, 0.3) is 0 Å². The topological polar surface area (TPSA) is 17.1 Å². The molecule has 0 fully saturated rings. The third kappa shape index (κ3) is 2.51. The normalized spacial score (nSPS) is 16.4. The number of carbonyl (C=O) groups is 1. The van der Waals surface area contributed by atoms with E-state index in [0.29, 0.717) is 18.1 Å². The Morgan fingerprint density at radius 2 is 1.80 bits per heavy atom. The molecule has 10 heavy (non-hydrogen) atoms. The van der Waals surface area contributed by atoms with Gasteiger partial charge in [-0.05, 0) is 5.92 Å². The first-order valence-corrected chi connectivity index (χ1v) is 4.16. The number of ketones is 1. The van der Waals surface area contributed by atoms with E-state index in [1.165, 1.54) is 0 Å². The molecule has 0 aliphatic heterocycles. The number of hydrogen-bond donors (Lipinski definition) is 0. The van der Waals surface area contributed by atoms with Crippen LogP contribution in [0.3, 0.4) is 0 Å². The summed E-state index contributed by atoms with van der Waals surface area (Å²) in [6.45, 7) is 8.23. The molecule has 0 saturated heterocycles. The zero-order valence-electron chi connectivity index (χ0n) is 7.48. The summed E-state index contributed by atoms with van der Waals surface area (Å²) in [6.07, 6.45) is 1.79. The smallest absolute Gasteiger partial charge is 0.135 e. The Morgan fingerprint density at radius 3 is 2.10 bits per heavy atom. The van der Waals surface area contributed by atoms with Crippen molar-refractivity contribution in [1.29, 1.82) is 0 Å². The maximum Gasteiger partial charge on any atom is 0.135 e. The molecule has 0 radical (unpaired) electrons. The Morgan fingerprint density at radius 1 is 1.30 bits per heavy atom. The molecule has 0 aromatic rings. The lowest BCUT2D eigenvalue weighted by atomic mass is 9.89. The van der Waals surface area contributed by atoms with Crippen LogP contribution in [0.15, 0.2) is 0 Å². The van der Waals surface area contributed by atoms with Crippen LogP contribution >= 0.6 is 0 Å². The van der Waals surface area contributed by atoms with E-state index in [0.717, 1.165) is 6.42 Å². The standard InChI is InChI=1S/C9H18O/c1-5-7(3)8(4)9(10)6-2/h7-8H,5-6H2,1-4H3/t7-,8+/m1/s1. The van der Waals surface area contributed by atoms with Crippen LogP contribution in [-0.2, 0) is 4.79 Å². The lowest BCUT2D eigenvalue weighted by Gasteiger charge is -2.15. The van der Waals surface area contributed by atoms with Crippen LogP contribution in [0.4, 0.5) is 0 Å². The third-order valence-corrected chi connectivity index (χ3v) is 2.35. The number of rotatable bonds is 4. The average molecular weight is 142 g/mol. The van der Waals surface area contributed by atoms with E-state index < -0.39 is 0 Å². The molecular weight excluding hydrogens is 124 g/mol. The molecule has 1 nitrogen and oxygen atoms in total. The van der Waals surface area contributed by atoms with Crippen LogP contribution in [0.1, 0.15) is 40.5 Å². The Labute approximate surface area is 63.8 Å². The van der Waals surface area contributed by atoms with Crippen LogP contribution in [0, 0.1) is 11.8 Å². The van der Waals surface area contributed by atoms with Gasteiger partial charge in [0.15, 0.2) is 0 Å². The fourth-order valence-electron chi connectivity index (χ4n) is 0.993. The minimum atomic E-state index is 0.259. The Balaban J connectivity index is 3.81. The van der Waals surface area contributed by atoms with Crippen LogP contribution < -0.4 is 0 Å². The van der Waals surface area contributed by atoms with Crippen molar-refractivity contribution in [2.45, 2.75) is 40.5 Å². The summed E-state index contributed by atoms with van der Waals surface area (Å²) in [5, 5.41) is 0. The number of hydrogen-bond acceptors (Lipinski definition) is 1. The summed E-state index contributed by atoms with van der Waals surface area (Å²) >= 11 is 0. The molecule has 0 aromatic carbocycles. The van der Waals surface area contributed by atoms with Gasteiger partial charge in [-0.3, -0.25) is 4.79 Å². The fraction of sp³-hybridized carbons (Fsp3) is 0.889. The van der Waals surface area contributed by atoms with E-state index in [2.05, 4.69) is 13.8 Å². The third-order valence-electron chi connectivity index (χ3n) is 2.35. The summed E-state index contributed by atoms with van der Waals surface area (Å²) in [7, 11) is 0. The molecule has 0 saturated carbocycles. The Kier molecular flexibility index (Phi) is 4.33. The Hall–Kier alpha value is -0.330. The van der Waals surface area contributed by atoms with Gasteiger partial charge in [-0.25, -0.2) is 0 Å². The van der Waals surface area contributed by atoms with E-state index in [9.17, 15) is 4.79 Å². The summed E-state index contributed by atoms with van der Waals surface area (Å²) in [6, 6.07) is 0. The van der Waals surface area contributed by atoms with Gasteiger partial charge in [-0.1, -0.05) is 34.1 Å². The highest BCUT2D eigenvalue weighted by Crippen LogP contribution is 2.16. The SMILES string of the molecule is CCC(=O)[C@@H](C)[C@H](C)CC. The van der Waals surface area contributed by atoms with Crippen LogP contribution in [-0.4, -0.2) is 5.78 Å². The highest BCUT2D eigenvalue weighted by atomic mass is 16.1. The van der Waals surface area contributed by atoms with E-state index in [1.54, 1.807) is 0 Å². The molecule has 0 aliphatic carbocycles. The van der Waals surface area contributed by atoms with Gasteiger partial charge in [-0.15, -0.1) is 0 Å². The van der Waals surface area contributed by atoms with Gasteiger partial charge in [-0.2, -0.15) is 0 Å². The molecule has 0 heterocycles. The van der Waals surface area contributed by atoms with Crippen molar-refractivity contribution >= 4 is 5.78 Å². The van der Waals surface area contributed by atoms with Crippen LogP contribution in [0.25, 0.3) is 0 Å².